The molecule has 0 N–H and O–H groups in total. The van der Waals surface area contributed by atoms with Gasteiger partial charge in [-0.05, 0) is 37.5 Å². The van der Waals surface area contributed by atoms with Gasteiger partial charge in [0.1, 0.15) is 5.82 Å². The van der Waals surface area contributed by atoms with Crippen molar-refractivity contribution in [1.29, 1.82) is 0 Å². The van der Waals surface area contributed by atoms with Crippen molar-refractivity contribution in [2.24, 2.45) is 0 Å². The van der Waals surface area contributed by atoms with Crippen molar-refractivity contribution in [1.82, 2.24) is 4.31 Å². The van der Waals surface area contributed by atoms with E-state index in [1.807, 2.05) is 0 Å². The Balaban J connectivity index is 2.05. The maximum absolute atomic E-state index is 14.1. The highest BCUT2D eigenvalue weighted by atomic mass is 35.5. The van der Waals surface area contributed by atoms with Crippen LogP contribution in [0, 0.1) is 22.9 Å². The van der Waals surface area contributed by atoms with E-state index in [1.165, 1.54) is 34.6 Å². The van der Waals surface area contributed by atoms with Gasteiger partial charge in [0, 0.05) is 35.3 Å². The number of hydrogen-bond donors (Lipinski definition) is 0. The summed E-state index contributed by atoms with van der Waals surface area (Å²) in [5, 5.41) is 11.2. The first-order valence-corrected chi connectivity index (χ1v) is 9.73. The molecule has 2 aromatic rings. The van der Waals surface area contributed by atoms with Gasteiger partial charge in [-0.2, -0.15) is 4.31 Å². The van der Waals surface area contributed by atoms with E-state index in [0.29, 0.717) is 18.4 Å². The third-order valence-corrected chi connectivity index (χ3v) is 6.69. The molecule has 0 heterocycles. The molecule has 0 bridgehead atoms. The maximum atomic E-state index is 14.1. The van der Waals surface area contributed by atoms with Gasteiger partial charge in [-0.3, -0.25) is 10.1 Å². The van der Waals surface area contributed by atoms with Crippen LogP contribution in [-0.4, -0.2) is 23.7 Å². The highest BCUT2D eigenvalue weighted by molar-refractivity contribution is 7.89. The minimum Gasteiger partial charge on any atom is -0.258 e. The summed E-state index contributed by atoms with van der Waals surface area (Å²) in [5.41, 5.74) is 0.169. The summed E-state index contributed by atoms with van der Waals surface area (Å²) in [7, 11) is -4.05. The Morgan fingerprint density at radius 2 is 2.00 bits per heavy atom. The lowest BCUT2D eigenvalue weighted by Crippen LogP contribution is -2.33. The van der Waals surface area contributed by atoms with Crippen molar-refractivity contribution < 1.29 is 17.7 Å². The molecule has 0 aliphatic heterocycles. The van der Waals surface area contributed by atoms with E-state index in [1.54, 1.807) is 6.92 Å². The molecule has 0 aromatic heterocycles. The number of halogens is 2. The van der Waals surface area contributed by atoms with Crippen LogP contribution in [0.25, 0.3) is 0 Å². The Kier molecular flexibility index (Phi) is 5.01. The lowest BCUT2D eigenvalue weighted by atomic mass is 10.2. The van der Waals surface area contributed by atoms with Crippen LogP contribution >= 0.6 is 11.6 Å². The molecule has 138 valence electrons. The van der Waals surface area contributed by atoms with Gasteiger partial charge in [0.15, 0.2) is 0 Å². The Bertz CT molecular complexity index is 956. The van der Waals surface area contributed by atoms with Crippen molar-refractivity contribution >= 4 is 27.3 Å². The fourth-order valence-electron chi connectivity index (χ4n) is 2.72. The van der Waals surface area contributed by atoms with Crippen molar-refractivity contribution in [3.8, 4) is 0 Å². The number of aryl methyl sites for hydroxylation is 1. The first-order chi connectivity index (χ1) is 12.2. The Morgan fingerprint density at radius 3 is 2.58 bits per heavy atom. The van der Waals surface area contributed by atoms with Gasteiger partial charge in [-0.25, -0.2) is 12.8 Å². The third kappa shape index (κ3) is 3.58. The fourth-order valence-corrected chi connectivity index (χ4v) is 4.84. The number of nitro groups is 1. The first-order valence-electron chi connectivity index (χ1n) is 7.91. The fraction of sp³-hybridized carbons (Fsp3) is 0.294. The molecule has 9 heteroatoms. The normalized spacial score (nSPS) is 14.6. The summed E-state index contributed by atoms with van der Waals surface area (Å²) < 4.78 is 41.7. The summed E-state index contributed by atoms with van der Waals surface area (Å²) in [6.45, 7) is 1.35. The number of sulfonamides is 1. The van der Waals surface area contributed by atoms with E-state index < -0.39 is 20.8 Å². The lowest BCUT2D eigenvalue weighted by molar-refractivity contribution is -0.385. The van der Waals surface area contributed by atoms with Crippen LogP contribution in [0.1, 0.15) is 24.0 Å². The van der Waals surface area contributed by atoms with E-state index in [9.17, 15) is 22.9 Å². The molecular formula is C17H16ClFN2O4S. The monoisotopic (exact) mass is 398 g/mol. The molecule has 3 rings (SSSR count). The minimum atomic E-state index is -4.05. The van der Waals surface area contributed by atoms with Crippen LogP contribution < -0.4 is 0 Å². The first kappa shape index (κ1) is 18.8. The standard InChI is InChI=1S/C17H16ClFN2O4S/c1-11-5-6-13(21(22)23)9-17(11)26(24,25)20(12-7-8-12)10-14-15(18)3-2-4-16(14)19/h2-6,9,12H,7-8,10H2,1H3. The van der Waals surface area contributed by atoms with Gasteiger partial charge in [0.05, 0.1) is 9.82 Å². The highest BCUT2D eigenvalue weighted by Crippen LogP contribution is 2.36. The quantitative estimate of drug-likeness (QED) is 0.543. The van der Waals surface area contributed by atoms with Crippen molar-refractivity contribution in [3.63, 3.8) is 0 Å². The Hall–Kier alpha value is -2.03. The molecule has 0 amide bonds. The van der Waals surface area contributed by atoms with Gasteiger partial charge in [0.2, 0.25) is 10.0 Å². The average Bonchev–Trinajstić information content (AvgIpc) is 3.39. The summed E-state index contributed by atoms with van der Waals surface area (Å²) in [4.78, 5) is 10.2. The Labute approximate surface area is 155 Å². The van der Waals surface area contributed by atoms with Gasteiger partial charge in [0.25, 0.3) is 5.69 Å². The topological polar surface area (TPSA) is 80.5 Å². The molecule has 0 atom stereocenters. The SMILES string of the molecule is Cc1ccc([N+](=O)[O-])cc1S(=O)(=O)N(Cc1c(F)cccc1Cl)C1CC1. The Morgan fingerprint density at radius 1 is 1.31 bits per heavy atom. The van der Waals surface area contributed by atoms with Crippen LogP contribution in [0.2, 0.25) is 5.02 Å². The van der Waals surface area contributed by atoms with Crippen molar-refractivity contribution in [2.45, 2.75) is 37.2 Å². The van der Waals surface area contributed by atoms with Gasteiger partial charge in [-0.1, -0.05) is 23.7 Å². The lowest BCUT2D eigenvalue weighted by Gasteiger charge is -2.23. The zero-order valence-corrected chi connectivity index (χ0v) is 15.4. The smallest absolute Gasteiger partial charge is 0.258 e. The van der Waals surface area contributed by atoms with Crippen LogP contribution in [0.4, 0.5) is 10.1 Å². The predicted octanol–water partition coefficient (Wildman–Crippen LogP) is 4.05. The van der Waals surface area contributed by atoms with E-state index in [4.69, 9.17) is 11.6 Å². The zero-order valence-electron chi connectivity index (χ0n) is 13.9. The van der Waals surface area contributed by atoms with Crippen LogP contribution in [0.5, 0.6) is 0 Å². The molecule has 0 saturated heterocycles. The molecule has 1 fully saturated rings. The second kappa shape index (κ2) is 6.94. The van der Waals surface area contributed by atoms with Crippen molar-refractivity contribution in [2.75, 3.05) is 0 Å². The molecule has 1 aliphatic carbocycles. The van der Waals surface area contributed by atoms with Crippen LogP contribution in [0.15, 0.2) is 41.3 Å². The number of nitrogens with zero attached hydrogens (tertiary/aromatic N) is 2. The number of non-ortho nitro benzene ring substituents is 1. The molecule has 0 radical (unpaired) electrons. The molecule has 0 unspecified atom stereocenters. The molecule has 26 heavy (non-hydrogen) atoms. The number of benzene rings is 2. The summed E-state index contributed by atoms with van der Waals surface area (Å²) in [6, 6.07) is 7.59. The second-order valence-corrected chi connectivity index (χ2v) is 8.45. The molecule has 1 saturated carbocycles. The van der Waals surface area contributed by atoms with E-state index in [2.05, 4.69) is 0 Å². The van der Waals surface area contributed by atoms with Crippen LogP contribution in [0.3, 0.4) is 0 Å². The summed E-state index contributed by atoms with van der Waals surface area (Å²) in [6.07, 6.45) is 1.30. The molecule has 2 aromatic carbocycles. The minimum absolute atomic E-state index is 0.0905. The number of hydrogen-bond acceptors (Lipinski definition) is 4. The highest BCUT2D eigenvalue weighted by Gasteiger charge is 2.39. The van der Waals surface area contributed by atoms with E-state index in [-0.39, 0.29) is 33.8 Å². The van der Waals surface area contributed by atoms with Gasteiger partial charge in [-0.15, -0.1) is 0 Å². The molecular weight excluding hydrogens is 383 g/mol. The van der Waals surface area contributed by atoms with Crippen molar-refractivity contribution in [3.05, 3.63) is 68.5 Å². The maximum Gasteiger partial charge on any atom is 0.270 e. The van der Waals surface area contributed by atoms with E-state index >= 15 is 0 Å². The number of nitro benzene ring substituents is 1. The summed E-state index contributed by atoms with van der Waals surface area (Å²) in [5.74, 6) is -0.589. The summed E-state index contributed by atoms with van der Waals surface area (Å²) >= 11 is 6.04. The third-order valence-electron chi connectivity index (χ3n) is 4.30. The second-order valence-electron chi connectivity index (χ2n) is 6.19. The van der Waals surface area contributed by atoms with Gasteiger partial charge < -0.3 is 0 Å². The number of rotatable bonds is 6. The predicted molar refractivity (Wildman–Crippen MR) is 95.0 cm³/mol. The zero-order chi connectivity index (χ0) is 19.1. The van der Waals surface area contributed by atoms with Crippen LogP contribution in [-0.2, 0) is 16.6 Å². The molecule has 1 aliphatic rings. The van der Waals surface area contributed by atoms with Gasteiger partial charge >= 0.3 is 0 Å². The molecule has 6 nitrogen and oxygen atoms in total. The van der Waals surface area contributed by atoms with E-state index in [0.717, 1.165) is 6.07 Å². The largest absolute Gasteiger partial charge is 0.270 e. The molecule has 0 spiro atoms. The average molecular weight is 399 g/mol.